The number of likely N-dealkylation sites (tertiary alicyclic amines) is 1. The molecule has 1 aliphatic heterocycles. The van der Waals surface area contributed by atoms with E-state index < -0.39 is 0 Å². The van der Waals surface area contributed by atoms with Gasteiger partial charge in [0.25, 0.3) is 0 Å². The first kappa shape index (κ1) is 16.0. The minimum atomic E-state index is -0.307. The summed E-state index contributed by atoms with van der Waals surface area (Å²) in [6.07, 6.45) is 0.296. The van der Waals surface area contributed by atoms with Gasteiger partial charge in [-0.15, -0.1) is 0 Å². The summed E-state index contributed by atoms with van der Waals surface area (Å²) >= 11 is 0. The summed E-state index contributed by atoms with van der Waals surface area (Å²) in [6, 6.07) is -0.0463. The summed E-state index contributed by atoms with van der Waals surface area (Å²) in [5.74, 6) is 0.152. The maximum absolute atomic E-state index is 10.8. The Kier molecular flexibility index (Phi) is 10.5. The Hall–Kier alpha value is -0.410. The zero-order valence-electron chi connectivity index (χ0n) is 10.4. The van der Waals surface area contributed by atoms with Crippen LogP contribution in [0, 0.1) is 0 Å². The van der Waals surface area contributed by atoms with Crippen LogP contribution in [0.4, 0.5) is 0 Å². The molecule has 0 aromatic carbocycles. The number of aliphatic hydroxyl groups is 1. The van der Waals surface area contributed by atoms with E-state index in [-0.39, 0.29) is 17.9 Å². The Morgan fingerprint density at radius 3 is 1.86 bits per heavy atom. The Bertz CT molecular complexity index is 148. The van der Waals surface area contributed by atoms with Crippen LogP contribution in [0.25, 0.3) is 0 Å². The number of Topliss-reactive ketones (excluding diaryl/α,β-unsaturated/α-hetero) is 1. The molecule has 1 saturated heterocycles. The van der Waals surface area contributed by atoms with Gasteiger partial charge in [-0.2, -0.15) is 0 Å². The molecule has 1 unspecified atom stereocenters. The Balaban J connectivity index is 0. The van der Waals surface area contributed by atoms with Crippen molar-refractivity contribution in [3.63, 3.8) is 0 Å². The number of carbonyl (C=O) groups excluding carboxylic acids is 1. The highest BCUT2D eigenvalue weighted by molar-refractivity contribution is 5.81. The molecule has 86 valence electrons. The zero-order valence-corrected chi connectivity index (χ0v) is 10.4. The Morgan fingerprint density at radius 1 is 1.29 bits per heavy atom. The number of ketones is 1. The molecule has 0 aliphatic carbocycles. The van der Waals surface area contributed by atoms with Gasteiger partial charge < -0.3 is 5.11 Å². The van der Waals surface area contributed by atoms with Crippen molar-refractivity contribution in [2.75, 3.05) is 13.6 Å². The molecule has 1 fully saturated rings. The Labute approximate surface area is 88.1 Å². The summed E-state index contributed by atoms with van der Waals surface area (Å²) in [5, 5.41) is 9.12. The van der Waals surface area contributed by atoms with E-state index in [9.17, 15) is 4.79 Å². The van der Waals surface area contributed by atoms with Gasteiger partial charge >= 0.3 is 0 Å². The van der Waals surface area contributed by atoms with E-state index in [1.165, 1.54) is 0 Å². The minimum Gasteiger partial charge on any atom is -0.392 e. The summed E-state index contributed by atoms with van der Waals surface area (Å²) in [7, 11) is 1.86. The minimum absolute atomic E-state index is 0.0463. The van der Waals surface area contributed by atoms with Gasteiger partial charge in [0, 0.05) is 6.54 Å². The van der Waals surface area contributed by atoms with Gasteiger partial charge in [-0.05, 0) is 20.4 Å². The monoisotopic (exact) mass is 203 g/mol. The highest BCUT2D eigenvalue weighted by atomic mass is 16.3. The predicted octanol–water partition coefficient (Wildman–Crippen LogP) is 1.69. The van der Waals surface area contributed by atoms with Crippen molar-refractivity contribution >= 4 is 5.78 Å². The van der Waals surface area contributed by atoms with E-state index in [0.717, 1.165) is 0 Å². The molecule has 0 aromatic rings. The van der Waals surface area contributed by atoms with Gasteiger partial charge in [-0.1, -0.05) is 27.7 Å². The Morgan fingerprint density at radius 2 is 1.71 bits per heavy atom. The molecule has 3 heteroatoms. The van der Waals surface area contributed by atoms with Crippen LogP contribution in [0.15, 0.2) is 0 Å². The number of aliphatic hydroxyl groups excluding tert-OH is 1. The second kappa shape index (κ2) is 9.16. The molecule has 1 N–H and O–H groups in total. The van der Waals surface area contributed by atoms with Crippen molar-refractivity contribution in [3.8, 4) is 0 Å². The average molecular weight is 203 g/mol. The van der Waals surface area contributed by atoms with Crippen LogP contribution >= 0.6 is 0 Å². The van der Waals surface area contributed by atoms with Gasteiger partial charge in [-0.3, -0.25) is 9.69 Å². The molecule has 1 rings (SSSR count). The normalized spacial score (nSPS) is 25.6. The molecule has 1 aliphatic rings. The second-order valence-corrected chi connectivity index (χ2v) is 2.96. The molecule has 0 spiro atoms. The van der Waals surface area contributed by atoms with Crippen LogP contribution in [0.1, 0.15) is 41.0 Å². The molecular formula is C11H25NO2. The summed E-state index contributed by atoms with van der Waals surface area (Å²) < 4.78 is 0. The lowest BCUT2D eigenvalue weighted by Crippen LogP contribution is -2.30. The van der Waals surface area contributed by atoms with E-state index in [0.29, 0.717) is 13.0 Å². The van der Waals surface area contributed by atoms with E-state index in [1.54, 1.807) is 6.92 Å². The number of nitrogens with zero attached hydrogens (tertiary/aromatic N) is 1. The number of carbonyl (C=O) groups is 1. The fourth-order valence-electron chi connectivity index (χ4n) is 1.45. The number of β-amino-alcohol motifs (C(OH)–C–C–N with tert-alkyl or cyclic N) is 1. The van der Waals surface area contributed by atoms with Crippen molar-refractivity contribution in [1.29, 1.82) is 0 Å². The van der Waals surface area contributed by atoms with Gasteiger partial charge in [0.2, 0.25) is 0 Å². The van der Waals surface area contributed by atoms with Crippen LogP contribution in [-0.2, 0) is 4.79 Å². The number of rotatable bonds is 1. The lowest BCUT2D eigenvalue weighted by Gasteiger charge is -2.14. The molecule has 0 bridgehead atoms. The van der Waals surface area contributed by atoms with Crippen LogP contribution in [0.3, 0.4) is 0 Å². The van der Waals surface area contributed by atoms with Crippen LogP contribution in [-0.4, -0.2) is 41.5 Å². The second-order valence-electron chi connectivity index (χ2n) is 2.96. The number of hydrogen-bond acceptors (Lipinski definition) is 3. The van der Waals surface area contributed by atoms with Crippen LogP contribution in [0.2, 0.25) is 0 Å². The zero-order chi connectivity index (χ0) is 11.7. The van der Waals surface area contributed by atoms with Crippen LogP contribution < -0.4 is 0 Å². The fourth-order valence-corrected chi connectivity index (χ4v) is 1.45. The van der Waals surface area contributed by atoms with Crippen molar-refractivity contribution in [3.05, 3.63) is 0 Å². The molecule has 3 nitrogen and oxygen atoms in total. The molecule has 14 heavy (non-hydrogen) atoms. The molecule has 0 saturated carbocycles. The average Bonchev–Trinajstić information content (AvgIpc) is 2.52. The van der Waals surface area contributed by atoms with E-state index in [2.05, 4.69) is 0 Å². The van der Waals surface area contributed by atoms with Crippen molar-refractivity contribution in [2.24, 2.45) is 0 Å². The lowest BCUT2D eigenvalue weighted by atomic mass is 10.1. The van der Waals surface area contributed by atoms with E-state index in [1.807, 2.05) is 39.6 Å². The van der Waals surface area contributed by atoms with Gasteiger partial charge in [0.05, 0.1) is 12.1 Å². The third kappa shape index (κ3) is 5.35. The third-order valence-electron chi connectivity index (χ3n) is 2.00. The topological polar surface area (TPSA) is 40.5 Å². The number of likely N-dealkylation sites (N-methyl/N-ethyl adjacent to an activating group) is 1. The molecule has 0 aromatic heterocycles. The molecule has 1 heterocycles. The van der Waals surface area contributed by atoms with Crippen LogP contribution in [0.5, 0.6) is 0 Å². The van der Waals surface area contributed by atoms with Crippen molar-refractivity contribution < 1.29 is 9.90 Å². The third-order valence-corrected chi connectivity index (χ3v) is 2.00. The molecular weight excluding hydrogens is 178 g/mol. The van der Waals surface area contributed by atoms with Crippen molar-refractivity contribution in [2.45, 2.75) is 53.2 Å². The van der Waals surface area contributed by atoms with E-state index in [4.69, 9.17) is 5.11 Å². The van der Waals surface area contributed by atoms with Gasteiger partial charge in [-0.25, -0.2) is 0 Å². The maximum Gasteiger partial charge on any atom is 0.146 e. The van der Waals surface area contributed by atoms with Gasteiger partial charge in [0.1, 0.15) is 5.78 Å². The largest absolute Gasteiger partial charge is 0.392 e. The number of hydrogen-bond donors (Lipinski definition) is 1. The quantitative estimate of drug-likeness (QED) is 0.705. The lowest BCUT2D eigenvalue weighted by molar-refractivity contribution is -0.120. The first-order chi connectivity index (χ1) is 6.61. The highest BCUT2D eigenvalue weighted by Gasteiger charge is 2.30. The molecule has 2 atom stereocenters. The van der Waals surface area contributed by atoms with Crippen molar-refractivity contribution in [1.82, 2.24) is 4.90 Å². The maximum atomic E-state index is 10.8. The molecule has 0 amide bonds. The highest BCUT2D eigenvalue weighted by Crippen LogP contribution is 2.15. The summed E-state index contributed by atoms with van der Waals surface area (Å²) in [6.45, 7) is 10.2. The standard InChI is InChI=1S/C7H13NO2.2C2H6/c1-5(9)7-3-6(10)4-8(7)2;2*1-2/h6-7,10H,3-4H2,1-2H3;2*1-2H3/t6?,7-;;/m0../s1. The van der Waals surface area contributed by atoms with Gasteiger partial charge in [0.15, 0.2) is 0 Å². The van der Waals surface area contributed by atoms with E-state index >= 15 is 0 Å². The molecule has 0 radical (unpaired) electrons. The first-order valence-electron chi connectivity index (χ1n) is 5.50. The summed E-state index contributed by atoms with van der Waals surface area (Å²) in [5.41, 5.74) is 0. The smallest absolute Gasteiger partial charge is 0.146 e. The SMILES string of the molecule is CC.CC.CC(=O)[C@@H]1CC(O)CN1C. The summed E-state index contributed by atoms with van der Waals surface area (Å²) in [4.78, 5) is 12.7. The first-order valence-corrected chi connectivity index (χ1v) is 5.50. The predicted molar refractivity (Wildman–Crippen MR) is 60.4 cm³/mol. The fraction of sp³-hybridized carbons (Fsp3) is 0.909.